The minimum atomic E-state index is 0.610. The Morgan fingerprint density at radius 2 is 1.16 bits per heavy atom. The molecule has 0 spiro atoms. The van der Waals surface area contributed by atoms with Crippen LogP contribution < -0.4 is 0 Å². The van der Waals surface area contributed by atoms with Crippen molar-refractivity contribution in [1.29, 1.82) is 0 Å². The highest BCUT2D eigenvalue weighted by Gasteiger charge is 2.31. The summed E-state index contributed by atoms with van der Waals surface area (Å²) in [6.45, 7) is 5.78. The molecule has 0 aromatic rings. The van der Waals surface area contributed by atoms with E-state index in [4.69, 9.17) is 4.74 Å². The van der Waals surface area contributed by atoms with Gasteiger partial charge in [0.2, 0.25) is 0 Å². The zero-order valence-corrected chi connectivity index (χ0v) is 17.2. The normalized spacial score (nSPS) is 40.1. The maximum absolute atomic E-state index is 6.40. The van der Waals surface area contributed by atoms with Crippen LogP contribution in [0.4, 0.5) is 0 Å². The molecule has 1 aliphatic heterocycles. The van der Waals surface area contributed by atoms with Gasteiger partial charge < -0.3 is 4.74 Å². The van der Waals surface area contributed by atoms with Crippen molar-refractivity contribution in [2.45, 2.75) is 116 Å². The Kier molecular flexibility index (Phi) is 8.15. The minimum absolute atomic E-state index is 0.610. The third-order valence-electron chi connectivity index (χ3n) is 8.05. The summed E-state index contributed by atoms with van der Waals surface area (Å²) in [6.07, 6.45) is 22.4. The summed E-state index contributed by atoms with van der Waals surface area (Å²) in [5.41, 5.74) is 0. The Bertz CT molecular complexity index is 341. The summed E-state index contributed by atoms with van der Waals surface area (Å²) in [4.78, 5) is 0. The van der Waals surface area contributed by atoms with Gasteiger partial charge in [-0.3, -0.25) is 0 Å². The molecule has 146 valence electrons. The summed E-state index contributed by atoms with van der Waals surface area (Å²) in [6, 6.07) is 0. The van der Waals surface area contributed by atoms with Crippen molar-refractivity contribution in [1.82, 2.24) is 0 Å². The van der Waals surface area contributed by atoms with Crippen LogP contribution in [0.5, 0.6) is 0 Å². The summed E-state index contributed by atoms with van der Waals surface area (Å²) < 4.78 is 6.40. The van der Waals surface area contributed by atoms with Crippen LogP contribution in [0.3, 0.4) is 0 Å². The molecule has 2 aliphatic carbocycles. The molecule has 1 heteroatoms. The van der Waals surface area contributed by atoms with E-state index in [-0.39, 0.29) is 0 Å². The van der Waals surface area contributed by atoms with Crippen LogP contribution in [0.15, 0.2) is 0 Å². The van der Waals surface area contributed by atoms with E-state index in [1.54, 1.807) is 0 Å². The Hall–Kier alpha value is -0.0400. The zero-order chi connectivity index (χ0) is 17.5. The third-order valence-corrected chi connectivity index (χ3v) is 8.05. The summed E-state index contributed by atoms with van der Waals surface area (Å²) in [5.74, 6) is 4.87. The number of ether oxygens (including phenoxy) is 1. The van der Waals surface area contributed by atoms with Gasteiger partial charge in [-0.2, -0.15) is 0 Å². The fourth-order valence-electron chi connectivity index (χ4n) is 6.08. The van der Waals surface area contributed by atoms with Gasteiger partial charge >= 0.3 is 0 Å². The standard InChI is InChI=1S/C24H44O/c1-3-5-20-12-15-23(16-13-20)24-17-14-22(18-25-24)11-10-21-8-6-19(4-2)7-9-21/h19-24H,3-18H2,1-2H3. The molecule has 0 bridgehead atoms. The molecule has 1 heterocycles. The van der Waals surface area contributed by atoms with Gasteiger partial charge in [0.15, 0.2) is 0 Å². The van der Waals surface area contributed by atoms with E-state index in [1.807, 2.05) is 0 Å². The zero-order valence-electron chi connectivity index (χ0n) is 17.2. The van der Waals surface area contributed by atoms with Crippen molar-refractivity contribution >= 4 is 0 Å². The van der Waals surface area contributed by atoms with Gasteiger partial charge in [-0.05, 0) is 61.7 Å². The van der Waals surface area contributed by atoms with Crippen LogP contribution >= 0.6 is 0 Å². The minimum Gasteiger partial charge on any atom is -0.378 e. The molecule has 1 saturated heterocycles. The van der Waals surface area contributed by atoms with E-state index in [1.165, 1.54) is 96.3 Å². The number of hydrogen-bond acceptors (Lipinski definition) is 1. The van der Waals surface area contributed by atoms with Gasteiger partial charge in [-0.1, -0.05) is 78.1 Å². The molecule has 2 atom stereocenters. The van der Waals surface area contributed by atoms with Gasteiger partial charge in [0.1, 0.15) is 0 Å². The van der Waals surface area contributed by atoms with E-state index in [0.717, 1.165) is 36.2 Å². The average Bonchev–Trinajstić information content (AvgIpc) is 2.68. The van der Waals surface area contributed by atoms with Gasteiger partial charge in [-0.15, -0.1) is 0 Å². The highest BCUT2D eigenvalue weighted by atomic mass is 16.5. The highest BCUT2D eigenvalue weighted by Crippen LogP contribution is 2.39. The van der Waals surface area contributed by atoms with E-state index < -0.39 is 0 Å². The van der Waals surface area contributed by atoms with Gasteiger partial charge in [-0.25, -0.2) is 0 Å². The quantitative estimate of drug-likeness (QED) is 0.466. The van der Waals surface area contributed by atoms with Crippen LogP contribution in [0.2, 0.25) is 0 Å². The summed E-state index contributed by atoms with van der Waals surface area (Å²) in [7, 11) is 0. The third kappa shape index (κ3) is 5.98. The first-order valence-corrected chi connectivity index (χ1v) is 11.9. The Balaban J connectivity index is 1.29. The molecule has 3 aliphatic rings. The largest absolute Gasteiger partial charge is 0.378 e. The van der Waals surface area contributed by atoms with Crippen molar-refractivity contribution in [3.8, 4) is 0 Å². The van der Waals surface area contributed by atoms with E-state index in [0.29, 0.717) is 6.10 Å². The number of rotatable bonds is 7. The molecule has 0 radical (unpaired) electrons. The van der Waals surface area contributed by atoms with Gasteiger partial charge in [0.05, 0.1) is 6.10 Å². The fraction of sp³-hybridized carbons (Fsp3) is 1.00. The van der Waals surface area contributed by atoms with E-state index in [2.05, 4.69) is 13.8 Å². The van der Waals surface area contributed by atoms with Crippen molar-refractivity contribution < 1.29 is 4.74 Å². The Morgan fingerprint density at radius 1 is 0.600 bits per heavy atom. The van der Waals surface area contributed by atoms with Crippen molar-refractivity contribution in [2.24, 2.45) is 29.6 Å². The molecule has 0 aromatic heterocycles. The lowest BCUT2D eigenvalue weighted by Crippen LogP contribution is -2.34. The molecular formula is C24H44O. The predicted molar refractivity (Wildman–Crippen MR) is 108 cm³/mol. The molecule has 2 unspecified atom stereocenters. The van der Waals surface area contributed by atoms with Crippen LogP contribution in [-0.4, -0.2) is 12.7 Å². The number of hydrogen-bond donors (Lipinski definition) is 0. The first kappa shape index (κ1) is 19.7. The van der Waals surface area contributed by atoms with E-state index >= 15 is 0 Å². The van der Waals surface area contributed by atoms with Crippen molar-refractivity contribution in [3.63, 3.8) is 0 Å². The van der Waals surface area contributed by atoms with Crippen LogP contribution in [0, 0.1) is 29.6 Å². The molecule has 0 aromatic carbocycles. The van der Waals surface area contributed by atoms with Crippen molar-refractivity contribution in [3.05, 3.63) is 0 Å². The second kappa shape index (κ2) is 10.3. The summed E-state index contributed by atoms with van der Waals surface area (Å²) >= 11 is 0. The van der Waals surface area contributed by atoms with E-state index in [9.17, 15) is 0 Å². The second-order valence-corrected chi connectivity index (χ2v) is 9.76. The lowest BCUT2D eigenvalue weighted by molar-refractivity contribution is -0.0606. The monoisotopic (exact) mass is 348 g/mol. The fourth-order valence-corrected chi connectivity index (χ4v) is 6.08. The lowest BCUT2D eigenvalue weighted by atomic mass is 9.75. The van der Waals surface area contributed by atoms with Gasteiger partial charge in [0.25, 0.3) is 0 Å². The Morgan fingerprint density at radius 3 is 1.76 bits per heavy atom. The molecule has 25 heavy (non-hydrogen) atoms. The SMILES string of the molecule is CCCC1CCC(C2CCC(CCC3CCC(CC)CC3)CO2)CC1. The topological polar surface area (TPSA) is 9.23 Å². The Labute approximate surface area is 157 Å². The van der Waals surface area contributed by atoms with Crippen LogP contribution in [0.25, 0.3) is 0 Å². The van der Waals surface area contributed by atoms with Crippen LogP contribution in [-0.2, 0) is 4.74 Å². The highest BCUT2D eigenvalue weighted by molar-refractivity contribution is 4.82. The lowest BCUT2D eigenvalue weighted by Gasteiger charge is -2.38. The molecule has 0 N–H and O–H groups in total. The van der Waals surface area contributed by atoms with Gasteiger partial charge in [0, 0.05) is 6.61 Å². The molecule has 2 saturated carbocycles. The smallest absolute Gasteiger partial charge is 0.0603 e. The van der Waals surface area contributed by atoms with Crippen molar-refractivity contribution in [2.75, 3.05) is 6.61 Å². The second-order valence-electron chi connectivity index (χ2n) is 9.76. The first-order chi connectivity index (χ1) is 12.3. The maximum atomic E-state index is 6.40. The maximum Gasteiger partial charge on any atom is 0.0603 e. The molecule has 3 fully saturated rings. The average molecular weight is 349 g/mol. The molecule has 0 amide bonds. The van der Waals surface area contributed by atoms with Crippen LogP contribution in [0.1, 0.15) is 110 Å². The predicted octanol–water partition coefficient (Wildman–Crippen LogP) is 7.38. The molecule has 3 rings (SSSR count). The molecular weight excluding hydrogens is 304 g/mol. The molecule has 1 nitrogen and oxygen atoms in total. The summed E-state index contributed by atoms with van der Waals surface area (Å²) in [5, 5.41) is 0. The first-order valence-electron chi connectivity index (χ1n) is 11.9.